The molecular formula is C22H30O5Si. The molecule has 3 N–H and O–H groups in total. The molecule has 1 fully saturated rings. The lowest BCUT2D eigenvalue weighted by Gasteiger charge is -2.44. The summed E-state index contributed by atoms with van der Waals surface area (Å²) in [5.41, 5.74) is 0. The molecule has 28 heavy (non-hydrogen) atoms. The number of rotatable bonds is 5. The molecule has 1 heterocycles. The largest absolute Gasteiger partial charge is 0.391 e. The molecule has 3 rings (SSSR count). The minimum absolute atomic E-state index is 0.285. The van der Waals surface area contributed by atoms with Gasteiger partial charge in [-0.15, -0.1) is 0 Å². The van der Waals surface area contributed by atoms with E-state index in [0.717, 1.165) is 10.4 Å². The summed E-state index contributed by atoms with van der Waals surface area (Å²) in [5.74, 6) is 0. The van der Waals surface area contributed by atoms with Gasteiger partial charge in [0.05, 0.1) is 6.10 Å². The maximum atomic E-state index is 10.6. The van der Waals surface area contributed by atoms with Gasteiger partial charge in [-0.3, -0.25) is 0 Å². The van der Waals surface area contributed by atoms with Gasteiger partial charge in [0.2, 0.25) is 0 Å². The van der Waals surface area contributed by atoms with Gasteiger partial charge in [0.25, 0.3) is 8.32 Å². The Kier molecular flexibility index (Phi) is 6.10. The summed E-state index contributed by atoms with van der Waals surface area (Å²) < 4.78 is 12.5. The Bertz CT molecular complexity index is 720. The first-order valence-electron chi connectivity index (χ1n) is 9.67. The topological polar surface area (TPSA) is 79.2 Å². The molecular weight excluding hydrogens is 372 g/mol. The summed E-state index contributed by atoms with van der Waals surface area (Å²) in [6.07, 6.45) is -5.28. The van der Waals surface area contributed by atoms with E-state index in [1.165, 1.54) is 6.92 Å². The van der Waals surface area contributed by atoms with Crippen molar-refractivity contribution in [3.63, 3.8) is 0 Å². The van der Waals surface area contributed by atoms with Gasteiger partial charge >= 0.3 is 0 Å². The highest BCUT2D eigenvalue weighted by molar-refractivity contribution is 6.99. The lowest BCUT2D eigenvalue weighted by Crippen LogP contribution is -2.68. The van der Waals surface area contributed by atoms with Crippen molar-refractivity contribution in [3.8, 4) is 0 Å². The van der Waals surface area contributed by atoms with Crippen molar-refractivity contribution in [3.05, 3.63) is 60.7 Å². The van der Waals surface area contributed by atoms with Crippen LogP contribution in [0.5, 0.6) is 0 Å². The molecule has 0 saturated carbocycles. The van der Waals surface area contributed by atoms with Crippen molar-refractivity contribution < 1.29 is 24.5 Å². The van der Waals surface area contributed by atoms with Gasteiger partial charge in [-0.1, -0.05) is 81.4 Å². The number of ether oxygens (including phenoxy) is 1. The fourth-order valence-electron chi connectivity index (χ4n) is 4.03. The zero-order chi connectivity index (χ0) is 20.5. The van der Waals surface area contributed by atoms with E-state index in [1.807, 2.05) is 60.7 Å². The van der Waals surface area contributed by atoms with Crippen LogP contribution < -0.4 is 10.4 Å². The number of hydrogen-bond donors (Lipinski definition) is 3. The normalized spacial score (nSPS) is 27.0. The van der Waals surface area contributed by atoms with E-state index in [4.69, 9.17) is 9.16 Å². The maximum absolute atomic E-state index is 10.6. The van der Waals surface area contributed by atoms with E-state index in [0.29, 0.717) is 0 Å². The van der Waals surface area contributed by atoms with Crippen molar-refractivity contribution in [1.29, 1.82) is 0 Å². The summed E-state index contributed by atoms with van der Waals surface area (Å²) in [6, 6.07) is 20.0. The van der Waals surface area contributed by atoms with Crippen LogP contribution in [0.15, 0.2) is 60.7 Å². The molecule has 0 spiro atoms. The molecule has 5 atom stereocenters. The standard InChI is InChI=1S/C22H30O5Si/c1-15(23)20-18(24)19(25)21(26-20)27-28(22(2,3)4,16-11-7-5-8-12-16)17-13-9-6-10-14-17/h5-15,18-21,23-25H,1-4H3/t15-,18+,19-,20-,21+/m1/s1. The van der Waals surface area contributed by atoms with Crippen LogP contribution in [0.1, 0.15) is 27.7 Å². The molecule has 1 aliphatic rings. The summed E-state index contributed by atoms with van der Waals surface area (Å²) in [5, 5.41) is 32.7. The van der Waals surface area contributed by atoms with Gasteiger partial charge in [-0.05, 0) is 22.3 Å². The number of aliphatic hydroxyl groups excluding tert-OH is 3. The number of benzene rings is 2. The van der Waals surface area contributed by atoms with Crippen molar-refractivity contribution in [2.75, 3.05) is 0 Å². The third-order valence-corrected chi connectivity index (χ3v) is 10.4. The second-order valence-electron chi connectivity index (χ2n) is 8.47. The first kappa shape index (κ1) is 21.2. The smallest absolute Gasteiger partial charge is 0.264 e. The van der Waals surface area contributed by atoms with Crippen LogP contribution in [-0.2, 0) is 9.16 Å². The van der Waals surface area contributed by atoms with Crippen LogP contribution in [0.2, 0.25) is 5.04 Å². The molecule has 152 valence electrons. The second-order valence-corrected chi connectivity index (χ2v) is 12.7. The van der Waals surface area contributed by atoms with Crippen molar-refractivity contribution in [2.45, 2.75) is 63.4 Å². The molecule has 6 heteroatoms. The van der Waals surface area contributed by atoms with Gasteiger partial charge in [-0.25, -0.2) is 0 Å². The molecule has 5 nitrogen and oxygen atoms in total. The Balaban J connectivity index is 2.12. The molecule has 0 radical (unpaired) electrons. The van der Waals surface area contributed by atoms with Gasteiger partial charge in [-0.2, -0.15) is 0 Å². The molecule has 0 aliphatic carbocycles. The fourth-order valence-corrected chi connectivity index (χ4v) is 8.59. The highest BCUT2D eigenvalue weighted by atomic mass is 28.4. The van der Waals surface area contributed by atoms with E-state index >= 15 is 0 Å². The van der Waals surface area contributed by atoms with Crippen LogP contribution in [0.25, 0.3) is 0 Å². The van der Waals surface area contributed by atoms with Crippen LogP contribution in [-0.4, -0.2) is 54.3 Å². The average molecular weight is 403 g/mol. The summed E-state index contributed by atoms with van der Waals surface area (Å²) >= 11 is 0. The summed E-state index contributed by atoms with van der Waals surface area (Å²) in [7, 11) is -2.93. The zero-order valence-electron chi connectivity index (χ0n) is 16.8. The molecule has 0 amide bonds. The van der Waals surface area contributed by atoms with Crippen molar-refractivity contribution >= 4 is 18.7 Å². The summed E-state index contributed by atoms with van der Waals surface area (Å²) in [6.45, 7) is 7.92. The Labute approximate surface area is 167 Å². The van der Waals surface area contributed by atoms with Crippen molar-refractivity contribution in [2.24, 2.45) is 0 Å². The number of aliphatic hydroxyl groups is 3. The van der Waals surface area contributed by atoms with Crippen molar-refractivity contribution in [1.82, 2.24) is 0 Å². The molecule has 1 aliphatic heterocycles. The molecule has 0 bridgehead atoms. The fraction of sp³-hybridized carbons (Fsp3) is 0.455. The minimum Gasteiger partial charge on any atom is -0.391 e. The van der Waals surface area contributed by atoms with Gasteiger partial charge in [0.1, 0.15) is 18.3 Å². The van der Waals surface area contributed by atoms with Gasteiger partial charge in [0.15, 0.2) is 6.29 Å². The molecule has 0 aromatic heterocycles. The monoisotopic (exact) mass is 402 g/mol. The van der Waals surface area contributed by atoms with E-state index in [9.17, 15) is 15.3 Å². The van der Waals surface area contributed by atoms with E-state index < -0.39 is 39.0 Å². The molecule has 2 aromatic rings. The minimum atomic E-state index is -2.93. The van der Waals surface area contributed by atoms with E-state index in [-0.39, 0.29) is 5.04 Å². The van der Waals surface area contributed by atoms with E-state index in [1.54, 1.807) is 0 Å². The molecule has 1 saturated heterocycles. The lowest BCUT2D eigenvalue weighted by atomic mass is 10.1. The third-order valence-electron chi connectivity index (χ3n) is 5.44. The van der Waals surface area contributed by atoms with E-state index in [2.05, 4.69) is 20.8 Å². The Morgan fingerprint density at radius 1 is 0.893 bits per heavy atom. The third kappa shape index (κ3) is 3.68. The van der Waals surface area contributed by atoms with Crippen LogP contribution >= 0.6 is 0 Å². The first-order chi connectivity index (χ1) is 13.2. The Morgan fingerprint density at radius 2 is 1.36 bits per heavy atom. The second kappa shape index (κ2) is 8.06. The SMILES string of the molecule is C[C@@H](O)[C@H]1O[C@@H](O[Si](c2ccccc2)(c2ccccc2)C(C)(C)C)[C@H](O)[C@@H]1O. The predicted molar refractivity (Wildman–Crippen MR) is 111 cm³/mol. The number of hydrogen-bond acceptors (Lipinski definition) is 5. The lowest BCUT2D eigenvalue weighted by molar-refractivity contribution is -0.133. The quantitative estimate of drug-likeness (QED) is 0.659. The van der Waals surface area contributed by atoms with Crippen LogP contribution in [0.4, 0.5) is 0 Å². The zero-order valence-corrected chi connectivity index (χ0v) is 17.8. The average Bonchev–Trinajstić information content (AvgIpc) is 2.95. The molecule has 2 aromatic carbocycles. The maximum Gasteiger partial charge on any atom is 0.264 e. The summed E-state index contributed by atoms with van der Waals surface area (Å²) in [4.78, 5) is 0. The van der Waals surface area contributed by atoms with Crippen LogP contribution in [0, 0.1) is 0 Å². The predicted octanol–water partition coefficient (Wildman–Crippen LogP) is 1.39. The first-order valence-corrected chi connectivity index (χ1v) is 11.6. The van der Waals surface area contributed by atoms with Crippen LogP contribution in [0.3, 0.4) is 0 Å². The highest BCUT2D eigenvalue weighted by Crippen LogP contribution is 2.39. The highest BCUT2D eigenvalue weighted by Gasteiger charge is 2.55. The Hall–Kier alpha value is -1.54. The van der Waals surface area contributed by atoms with Gasteiger partial charge in [0, 0.05) is 0 Å². The van der Waals surface area contributed by atoms with Gasteiger partial charge < -0.3 is 24.5 Å². The molecule has 0 unspecified atom stereocenters. The Morgan fingerprint density at radius 3 is 1.71 bits per heavy atom.